The van der Waals surface area contributed by atoms with Crippen LogP contribution in [0.1, 0.15) is 71.6 Å². The van der Waals surface area contributed by atoms with Crippen LogP contribution >= 0.6 is 0 Å². The molecule has 34 heavy (non-hydrogen) atoms. The van der Waals surface area contributed by atoms with Crippen LogP contribution < -0.4 is 16.4 Å². The van der Waals surface area contributed by atoms with Crippen molar-refractivity contribution in [1.29, 1.82) is 0 Å². The molecule has 186 valence electrons. The van der Waals surface area contributed by atoms with Gasteiger partial charge in [-0.25, -0.2) is 4.79 Å². The highest BCUT2D eigenvalue weighted by Gasteiger charge is 2.36. The number of terminal acetylenes is 1. The third-order valence-corrected chi connectivity index (χ3v) is 4.53. The van der Waals surface area contributed by atoms with Crippen LogP contribution in [0.25, 0.3) is 0 Å². The molecule has 0 aliphatic carbocycles. The van der Waals surface area contributed by atoms with Crippen LogP contribution in [0.15, 0.2) is 24.3 Å². The van der Waals surface area contributed by atoms with Crippen LogP contribution in [0.2, 0.25) is 0 Å². The summed E-state index contributed by atoms with van der Waals surface area (Å²) < 4.78 is 5.24. The lowest BCUT2D eigenvalue weighted by atomic mass is 10.00. The molecule has 4 amide bonds. The van der Waals surface area contributed by atoms with Gasteiger partial charge in [0.05, 0.1) is 6.42 Å². The van der Waals surface area contributed by atoms with Crippen molar-refractivity contribution in [3.63, 3.8) is 0 Å². The maximum Gasteiger partial charge on any atom is 0.408 e. The van der Waals surface area contributed by atoms with Crippen LogP contribution in [0, 0.1) is 12.3 Å². The minimum absolute atomic E-state index is 0.181. The maximum absolute atomic E-state index is 13.6. The van der Waals surface area contributed by atoms with Gasteiger partial charge < -0.3 is 26.0 Å². The van der Waals surface area contributed by atoms with Crippen molar-refractivity contribution in [2.24, 2.45) is 5.73 Å². The number of nitrogens with two attached hydrogens (primary N) is 1. The molecule has 9 heteroatoms. The molecule has 1 aromatic rings. The van der Waals surface area contributed by atoms with Gasteiger partial charge >= 0.3 is 6.09 Å². The molecule has 1 aromatic carbocycles. The van der Waals surface area contributed by atoms with Crippen LogP contribution in [-0.4, -0.2) is 52.9 Å². The van der Waals surface area contributed by atoms with E-state index in [0.29, 0.717) is 17.5 Å². The van der Waals surface area contributed by atoms with Crippen LogP contribution in [0.5, 0.6) is 0 Å². The van der Waals surface area contributed by atoms with E-state index in [-0.39, 0.29) is 12.6 Å². The SMILES string of the molecule is C#Cc1ccc(C(C(=O)NC(C)C)N(CCC)C(=O)C(CC(N)=O)NC(=O)OC(C)(C)C)cc1. The van der Waals surface area contributed by atoms with E-state index in [4.69, 9.17) is 16.9 Å². The van der Waals surface area contributed by atoms with Crippen LogP contribution in [0.4, 0.5) is 4.79 Å². The Balaban J connectivity index is 3.44. The van der Waals surface area contributed by atoms with Crippen LogP contribution in [0.3, 0.4) is 0 Å². The summed E-state index contributed by atoms with van der Waals surface area (Å²) in [5.74, 6) is 0.702. The molecule has 0 saturated carbocycles. The molecule has 0 aliphatic heterocycles. The molecule has 2 unspecified atom stereocenters. The Hall–Kier alpha value is -3.54. The quantitative estimate of drug-likeness (QED) is 0.450. The Labute approximate surface area is 201 Å². The fourth-order valence-corrected chi connectivity index (χ4v) is 3.26. The van der Waals surface area contributed by atoms with Gasteiger partial charge in [0.1, 0.15) is 17.7 Å². The molecule has 0 fully saturated rings. The Kier molecular flexibility index (Phi) is 10.6. The predicted octanol–water partition coefficient (Wildman–Crippen LogP) is 2.24. The standard InChI is InChI=1S/C25H36N4O5/c1-8-14-29(23(32)19(15-20(26)30)28-24(33)34-25(5,6)7)21(22(31)27-16(3)4)18-12-10-17(9-2)11-13-18/h2,10-13,16,19,21H,8,14-15H2,1,3-7H3,(H2,26,30)(H,27,31)(H,28,33). The number of carbonyl (C=O) groups is 4. The predicted molar refractivity (Wildman–Crippen MR) is 129 cm³/mol. The normalized spacial score (nSPS) is 12.8. The van der Waals surface area contributed by atoms with E-state index in [9.17, 15) is 19.2 Å². The molecule has 2 atom stereocenters. The minimum Gasteiger partial charge on any atom is -0.444 e. The largest absolute Gasteiger partial charge is 0.444 e. The Morgan fingerprint density at radius 3 is 2.15 bits per heavy atom. The van der Waals surface area contributed by atoms with Crippen molar-refractivity contribution in [1.82, 2.24) is 15.5 Å². The molecule has 4 N–H and O–H groups in total. The van der Waals surface area contributed by atoms with Gasteiger partial charge in [-0.05, 0) is 58.7 Å². The second-order valence-corrected chi connectivity index (χ2v) is 9.23. The Morgan fingerprint density at radius 1 is 1.12 bits per heavy atom. The number of nitrogens with zero attached hydrogens (tertiary/aromatic N) is 1. The molecule has 0 spiro atoms. The summed E-state index contributed by atoms with van der Waals surface area (Å²) in [6, 6.07) is 4.22. The molecule has 9 nitrogen and oxygen atoms in total. The number of hydrogen-bond donors (Lipinski definition) is 3. The maximum atomic E-state index is 13.6. The number of carbonyl (C=O) groups excluding carboxylic acids is 4. The van der Waals surface area contributed by atoms with Crippen molar-refractivity contribution in [2.75, 3.05) is 6.54 Å². The minimum atomic E-state index is -1.31. The van der Waals surface area contributed by atoms with E-state index >= 15 is 0 Å². The number of benzene rings is 1. The van der Waals surface area contributed by atoms with Gasteiger partial charge in [0.25, 0.3) is 0 Å². The monoisotopic (exact) mass is 472 g/mol. The summed E-state index contributed by atoms with van der Waals surface area (Å²) in [5, 5.41) is 5.27. The summed E-state index contributed by atoms with van der Waals surface area (Å²) in [7, 11) is 0. The zero-order valence-corrected chi connectivity index (χ0v) is 20.8. The first-order valence-electron chi connectivity index (χ1n) is 11.2. The third-order valence-electron chi connectivity index (χ3n) is 4.53. The number of primary amides is 1. The average molecular weight is 473 g/mol. The van der Waals surface area contributed by atoms with E-state index in [1.807, 2.05) is 20.8 Å². The molecular weight excluding hydrogens is 436 g/mol. The van der Waals surface area contributed by atoms with E-state index in [0.717, 1.165) is 0 Å². The van der Waals surface area contributed by atoms with Crippen molar-refractivity contribution < 1.29 is 23.9 Å². The topological polar surface area (TPSA) is 131 Å². The zero-order chi connectivity index (χ0) is 26.1. The van der Waals surface area contributed by atoms with Gasteiger partial charge in [0, 0.05) is 18.2 Å². The van der Waals surface area contributed by atoms with E-state index in [1.54, 1.807) is 45.0 Å². The zero-order valence-electron chi connectivity index (χ0n) is 20.8. The molecule has 1 rings (SSSR count). The molecule has 0 aromatic heterocycles. The van der Waals surface area contributed by atoms with Crippen molar-refractivity contribution >= 4 is 23.8 Å². The molecule has 0 radical (unpaired) electrons. The summed E-state index contributed by atoms with van der Waals surface area (Å²) in [5.41, 5.74) is 5.70. The number of amides is 4. The second kappa shape index (κ2) is 12.6. The van der Waals surface area contributed by atoms with Gasteiger partial charge in [-0.3, -0.25) is 14.4 Å². The van der Waals surface area contributed by atoms with Crippen molar-refractivity contribution in [2.45, 2.75) is 78.1 Å². The van der Waals surface area contributed by atoms with Gasteiger partial charge in [0.2, 0.25) is 17.7 Å². The molecular formula is C25H36N4O5. The first kappa shape index (κ1) is 28.5. The van der Waals surface area contributed by atoms with Gasteiger partial charge in [0.15, 0.2) is 0 Å². The van der Waals surface area contributed by atoms with E-state index < -0.39 is 47.9 Å². The first-order valence-corrected chi connectivity index (χ1v) is 11.2. The van der Waals surface area contributed by atoms with E-state index in [1.165, 1.54) is 4.90 Å². The number of alkyl carbamates (subject to hydrolysis) is 1. The smallest absolute Gasteiger partial charge is 0.408 e. The first-order chi connectivity index (χ1) is 15.8. The van der Waals surface area contributed by atoms with Crippen LogP contribution in [-0.2, 0) is 19.1 Å². The lowest BCUT2D eigenvalue weighted by Crippen LogP contribution is -2.54. The molecule has 0 aliphatic rings. The number of rotatable bonds is 10. The molecule has 0 saturated heterocycles. The number of hydrogen-bond acceptors (Lipinski definition) is 5. The third kappa shape index (κ3) is 9.14. The highest BCUT2D eigenvalue weighted by atomic mass is 16.6. The summed E-state index contributed by atoms with van der Waals surface area (Å²) in [6.07, 6.45) is 4.65. The number of nitrogens with one attached hydrogen (secondary N) is 2. The lowest BCUT2D eigenvalue weighted by Gasteiger charge is -2.34. The Morgan fingerprint density at radius 2 is 1.71 bits per heavy atom. The highest BCUT2D eigenvalue weighted by Crippen LogP contribution is 2.24. The Bertz CT molecular complexity index is 913. The highest BCUT2D eigenvalue weighted by molar-refractivity contribution is 5.94. The molecule has 0 heterocycles. The van der Waals surface area contributed by atoms with Gasteiger partial charge in [-0.2, -0.15) is 0 Å². The van der Waals surface area contributed by atoms with E-state index in [2.05, 4.69) is 16.6 Å². The second-order valence-electron chi connectivity index (χ2n) is 9.23. The van der Waals surface area contributed by atoms with Gasteiger partial charge in [-0.1, -0.05) is 25.0 Å². The summed E-state index contributed by atoms with van der Waals surface area (Å²) >= 11 is 0. The molecule has 0 bridgehead atoms. The van der Waals surface area contributed by atoms with Gasteiger partial charge in [-0.15, -0.1) is 6.42 Å². The number of ether oxygens (including phenoxy) is 1. The summed E-state index contributed by atoms with van der Waals surface area (Å²) in [6.45, 7) is 10.7. The lowest BCUT2D eigenvalue weighted by molar-refractivity contribution is -0.143. The summed E-state index contributed by atoms with van der Waals surface area (Å²) in [4.78, 5) is 52.3. The fraction of sp³-hybridized carbons (Fsp3) is 0.520. The van der Waals surface area contributed by atoms with Crippen molar-refractivity contribution in [3.05, 3.63) is 35.4 Å². The fourth-order valence-electron chi connectivity index (χ4n) is 3.26. The average Bonchev–Trinajstić information content (AvgIpc) is 2.70. The van der Waals surface area contributed by atoms with Crippen molar-refractivity contribution in [3.8, 4) is 12.3 Å².